The fraction of sp³-hybridized carbons (Fsp3) is 0.800. The fourth-order valence-corrected chi connectivity index (χ4v) is 0.917. The Kier molecular flexibility index (Phi) is 7.40. The van der Waals surface area contributed by atoms with Gasteiger partial charge in [0.1, 0.15) is 19.4 Å². The Morgan fingerprint density at radius 3 is 2.47 bits per heavy atom. The molecule has 1 aliphatic heterocycles. The Labute approximate surface area is 91.1 Å². The van der Waals surface area contributed by atoms with Crippen molar-refractivity contribution < 1.29 is 14.4 Å². The zero-order chi connectivity index (χ0) is 11.7. The molecule has 1 heterocycles. The molecule has 0 radical (unpaired) electrons. The summed E-state index contributed by atoms with van der Waals surface area (Å²) in [5.41, 5.74) is 0.669. The lowest BCUT2D eigenvalue weighted by atomic mass is 10.1. The zero-order valence-corrected chi connectivity index (χ0v) is 10.1. The smallest absolute Gasteiger partial charge is 0.276 e. The molecule has 1 rings (SSSR count). The summed E-state index contributed by atoms with van der Waals surface area (Å²) in [4.78, 5) is 9.58. The van der Waals surface area contributed by atoms with Crippen molar-refractivity contribution in [1.29, 1.82) is 0 Å². The predicted octanol–water partition coefficient (Wildman–Crippen LogP) is 2.03. The predicted molar refractivity (Wildman–Crippen MR) is 60.0 cm³/mol. The van der Waals surface area contributed by atoms with Crippen LogP contribution in [0.5, 0.6) is 0 Å². The molecule has 5 nitrogen and oxygen atoms in total. The summed E-state index contributed by atoms with van der Waals surface area (Å²) in [5, 5.41) is 7.58. The van der Waals surface area contributed by atoms with E-state index in [9.17, 15) is 0 Å². The van der Waals surface area contributed by atoms with Crippen LogP contribution >= 0.6 is 0 Å². The van der Waals surface area contributed by atoms with Crippen molar-refractivity contribution in [2.45, 2.75) is 27.7 Å². The summed E-state index contributed by atoms with van der Waals surface area (Å²) in [6, 6.07) is 0. The number of hydrogen-bond donors (Lipinski definition) is 0. The number of oxime groups is 2. The highest BCUT2D eigenvalue weighted by molar-refractivity contribution is 6.39. The second kappa shape index (κ2) is 8.08. The first-order valence-corrected chi connectivity index (χ1v) is 5.20. The molecule has 0 saturated heterocycles. The SMILES string of the molecule is CC.CO/N=C(/C1=NOCCO1)C(C)C. The van der Waals surface area contributed by atoms with Gasteiger partial charge in [-0.15, -0.1) is 0 Å². The lowest BCUT2D eigenvalue weighted by Gasteiger charge is -2.16. The van der Waals surface area contributed by atoms with Gasteiger partial charge in [0, 0.05) is 5.92 Å². The van der Waals surface area contributed by atoms with E-state index in [1.54, 1.807) is 0 Å². The summed E-state index contributed by atoms with van der Waals surface area (Å²) in [5.74, 6) is 0.614. The first-order valence-electron chi connectivity index (χ1n) is 5.20. The van der Waals surface area contributed by atoms with Crippen molar-refractivity contribution in [3.63, 3.8) is 0 Å². The number of rotatable bonds is 3. The van der Waals surface area contributed by atoms with E-state index in [1.165, 1.54) is 7.11 Å². The van der Waals surface area contributed by atoms with Crippen LogP contribution in [0.1, 0.15) is 27.7 Å². The maximum Gasteiger partial charge on any atom is 0.276 e. The van der Waals surface area contributed by atoms with Crippen molar-refractivity contribution in [2.75, 3.05) is 20.3 Å². The summed E-state index contributed by atoms with van der Waals surface area (Å²) in [7, 11) is 1.49. The van der Waals surface area contributed by atoms with E-state index in [0.717, 1.165) is 0 Å². The summed E-state index contributed by atoms with van der Waals surface area (Å²) >= 11 is 0. The Hall–Kier alpha value is -1.26. The molecular weight excluding hydrogens is 196 g/mol. The van der Waals surface area contributed by atoms with Gasteiger partial charge in [-0.25, -0.2) is 0 Å². The van der Waals surface area contributed by atoms with Gasteiger partial charge < -0.3 is 14.4 Å². The normalized spacial score (nSPS) is 15.6. The first kappa shape index (κ1) is 13.7. The van der Waals surface area contributed by atoms with Crippen molar-refractivity contribution in [3.8, 4) is 0 Å². The average Bonchev–Trinajstić information content (AvgIpc) is 2.29. The summed E-state index contributed by atoms with van der Waals surface area (Å²) < 4.78 is 5.27. The molecular formula is C10H20N2O3. The van der Waals surface area contributed by atoms with Gasteiger partial charge in [0.2, 0.25) is 0 Å². The molecule has 0 aromatic rings. The first-order chi connectivity index (χ1) is 7.25. The lowest BCUT2D eigenvalue weighted by molar-refractivity contribution is 0.0668. The highest BCUT2D eigenvalue weighted by Gasteiger charge is 2.19. The van der Waals surface area contributed by atoms with Crippen molar-refractivity contribution in [2.24, 2.45) is 16.2 Å². The largest absolute Gasteiger partial charge is 0.470 e. The molecule has 0 amide bonds. The third-order valence-corrected chi connectivity index (χ3v) is 1.52. The van der Waals surface area contributed by atoms with Gasteiger partial charge >= 0.3 is 0 Å². The topological polar surface area (TPSA) is 52.4 Å². The maximum atomic E-state index is 5.27. The quantitative estimate of drug-likeness (QED) is 0.535. The van der Waals surface area contributed by atoms with E-state index in [2.05, 4.69) is 10.3 Å². The van der Waals surface area contributed by atoms with Crippen molar-refractivity contribution in [1.82, 2.24) is 0 Å². The summed E-state index contributed by atoms with van der Waals surface area (Å²) in [6.07, 6.45) is 0. The van der Waals surface area contributed by atoms with E-state index >= 15 is 0 Å². The van der Waals surface area contributed by atoms with Crippen LogP contribution in [0.15, 0.2) is 10.3 Å². The third kappa shape index (κ3) is 4.67. The van der Waals surface area contributed by atoms with Crippen LogP contribution < -0.4 is 0 Å². The standard InChI is InChI=1S/C8H14N2O3.C2H6/c1-6(2)7(9-11-3)8-10-13-5-4-12-8;1-2/h6H,4-5H2,1-3H3;1-2H3/b9-7+;. The molecule has 0 fully saturated rings. The number of hydrogen-bond acceptors (Lipinski definition) is 5. The molecule has 0 aromatic heterocycles. The van der Waals surface area contributed by atoms with Crippen LogP contribution in [0.3, 0.4) is 0 Å². The van der Waals surface area contributed by atoms with E-state index in [4.69, 9.17) is 14.4 Å². The lowest BCUT2D eigenvalue weighted by Crippen LogP contribution is -2.28. The molecule has 0 unspecified atom stereocenters. The van der Waals surface area contributed by atoms with E-state index in [-0.39, 0.29) is 5.92 Å². The highest BCUT2D eigenvalue weighted by atomic mass is 16.7. The molecule has 88 valence electrons. The average molecular weight is 216 g/mol. The Balaban J connectivity index is 0.000000921. The van der Waals surface area contributed by atoms with E-state index < -0.39 is 0 Å². The minimum atomic E-state index is 0.195. The summed E-state index contributed by atoms with van der Waals surface area (Å²) in [6.45, 7) is 8.97. The van der Waals surface area contributed by atoms with Gasteiger partial charge in [-0.1, -0.05) is 32.9 Å². The van der Waals surface area contributed by atoms with Gasteiger partial charge in [0.25, 0.3) is 5.90 Å². The number of ether oxygens (including phenoxy) is 1. The van der Waals surface area contributed by atoms with Gasteiger partial charge in [0.15, 0.2) is 6.61 Å². The minimum absolute atomic E-state index is 0.195. The van der Waals surface area contributed by atoms with Crippen LogP contribution in [0.4, 0.5) is 0 Å². The molecule has 0 aliphatic carbocycles. The van der Waals surface area contributed by atoms with Gasteiger partial charge in [-0.2, -0.15) is 0 Å². The molecule has 0 aromatic carbocycles. The van der Waals surface area contributed by atoms with Crippen LogP contribution in [0.25, 0.3) is 0 Å². The molecule has 0 spiro atoms. The molecule has 1 aliphatic rings. The third-order valence-electron chi connectivity index (χ3n) is 1.52. The molecule has 15 heavy (non-hydrogen) atoms. The van der Waals surface area contributed by atoms with Gasteiger partial charge in [-0.3, -0.25) is 0 Å². The monoisotopic (exact) mass is 216 g/mol. The fourth-order valence-electron chi connectivity index (χ4n) is 0.917. The zero-order valence-electron chi connectivity index (χ0n) is 10.1. The Bertz CT molecular complexity index is 225. The van der Waals surface area contributed by atoms with Crippen molar-refractivity contribution >= 4 is 11.6 Å². The molecule has 0 bridgehead atoms. The second-order valence-corrected chi connectivity index (χ2v) is 2.89. The molecule has 0 saturated carbocycles. The minimum Gasteiger partial charge on any atom is -0.470 e. The van der Waals surface area contributed by atoms with Crippen molar-refractivity contribution in [3.05, 3.63) is 0 Å². The molecule has 5 heteroatoms. The number of nitrogens with zero attached hydrogens (tertiary/aromatic N) is 2. The van der Waals surface area contributed by atoms with Crippen LogP contribution in [0, 0.1) is 5.92 Å². The second-order valence-electron chi connectivity index (χ2n) is 2.89. The maximum absolute atomic E-state index is 5.27. The van der Waals surface area contributed by atoms with E-state index in [1.807, 2.05) is 27.7 Å². The van der Waals surface area contributed by atoms with Crippen LogP contribution in [0.2, 0.25) is 0 Å². The Morgan fingerprint density at radius 1 is 1.40 bits per heavy atom. The van der Waals surface area contributed by atoms with Gasteiger partial charge in [-0.05, 0) is 5.16 Å². The highest BCUT2D eigenvalue weighted by Crippen LogP contribution is 2.05. The van der Waals surface area contributed by atoms with Crippen LogP contribution in [-0.2, 0) is 14.4 Å². The van der Waals surface area contributed by atoms with E-state index in [0.29, 0.717) is 24.8 Å². The van der Waals surface area contributed by atoms with Gasteiger partial charge in [0.05, 0.1) is 0 Å². The molecule has 0 atom stereocenters. The molecule has 0 N–H and O–H groups in total. The Morgan fingerprint density at radius 2 is 2.07 bits per heavy atom. The van der Waals surface area contributed by atoms with Crippen LogP contribution in [-0.4, -0.2) is 31.9 Å².